The van der Waals surface area contributed by atoms with E-state index in [1.54, 1.807) is 23.5 Å². The van der Waals surface area contributed by atoms with Gasteiger partial charge in [-0.25, -0.2) is 9.37 Å². The minimum atomic E-state index is -0.189. The molecule has 17 heavy (non-hydrogen) atoms. The SMILES string of the molecule is CCNC(c1nc(C)cs1)c1ccccc1F. The third-order valence-electron chi connectivity index (χ3n) is 2.51. The van der Waals surface area contributed by atoms with Gasteiger partial charge in [-0.3, -0.25) is 0 Å². The van der Waals surface area contributed by atoms with Crippen molar-refractivity contribution >= 4 is 11.3 Å². The highest BCUT2D eigenvalue weighted by atomic mass is 32.1. The molecule has 1 aromatic carbocycles. The zero-order valence-corrected chi connectivity index (χ0v) is 10.7. The number of hydrogen-bond acceptors (Lipinski definition) is 3. The van der Waals surface area contributed by atoms with Gasteiger partial charge in [0.05, 0.1) is 6.04 Å². The Morgan fingerprint density at radius 1 is 1.41 bits per heavy atom. The molecule has 1 aromatic heterocycles. The van der Waals surface area contributed by atoms with Gasteiger partial charge >= 0.3 is 0 Å². The minimum Gasteiger partial charge on any atom is -0.304 e. The van der Waals surface area contributed by atoms with Crippen LogP contribution in [0.3, 0.4) is 0 Å². The molecule has 0 bridgehead atoms. The topological polar surface area (TPSA) is 24.9 Å². The van der Waals surface area contributed by atoms with Gasteiger partial charge in [0.1, 0.15) is 10.8 Å². The molecule has 0 spiro atoms. The second kappa shape index (κ2) is 5.38. The molecule has 0 aliphatic rings. The van der Waals surface area contributed by atoms with E-state index in [1.165, 1.54) is 6.07 Å². The molecular weight excluding hydrogens is 235 g/mol. The fourth-order valence-corrected chi connectivity index (χ4v) is 2.64. The fraction of sp³-hybridized carbons (Fsp3) is 0.308. The van der Waals surface area contributed by atoms with Crippen LogP contribution < -0.4 is 5.32 Å². The Balaban J connectivity index is 2.39. The molecular formula is C13H15FN2S. The molecule has 0 fully saturated rings. The first-order chi connectivity index (χ1) is 8.22. The van der Waals surface area contributed by atoms with Gasteiger partial charge < -0.3 is 5.32 Å². The summed E-state index contributed by atoms with van der Waals surface area (Å²) in [5.41, 5.74) is 1.63. The van der Waals surface area contributed by atoms with Crippen LogP contribution in [0, 0.1) is 12.7 Å². The zero-order chi connectivity index (χ0) is 12.3. The monoisotopic (exact) mass is 250 g/mol. The van der Waals surface area contributed by atoms with Crippen molar-refractivity contribution in [2.24, 2.45) is 0 Å². The summed E-state index contributed by atoms with van der Waals surface area (Å²) in [7, 11) is 0. The number of nitrogens with one attached hydrogen (secondary N) is 1. The Labute approximate surface area is 105 Å². The molecule has 1 atom stereocenters. The zero-order valence-electron chi connectivity index (χ0n) is 9.90. The molecule has 0 radical (unpaired) electrons. The van der Waals surface area contributed by atoms with Crippen molar-refractivity contribution in [3.05, 3.63) is 51.7 Å². The molecule has 0 saturated carbocycles. The van der Waals surface area contributed by atoms with Crippen molar-refractivity contribution in [3.63, 3.8) is 0 Å². The maximum Gasteiger partial charge on any atom is 0.128 e. The summed E-state index contributed by atoms with van der Waals surface area (Å²) >= 11 is 1.56. The van der Waals surface area contributed by atoms with Crippen LogP contribution in [0.15, 0.2) is 29.6 Å². The van der Waals surface area contributed by atoms with Crippen molar-refractivity contribution < 1.29 is 4.39 Å². The van der Waals surface area contributed by atoms with Crippen LogP contribution >= 0.6 is 11.3 Å². The standard InChI is InChI=1S/C13H15FN2S/c1-3-15-12(13-16-9(2)8-17-13)10-6-4-5-7-11(10)14/h4-8,12,15H,3H2,1-2H3. The second-order valence-corrected chi connectivity index (χ2v) is 4.73. The molecule has 1 N–H and O–H groups in total. The number of halogens is 1. The summed E-state index contributed by atoms with van der Waals surface area (Å²) in [4.78, 5) is 4.44. The van der Waals surface area contributed by atoms with Gasteiger partial charge in [0.15, 0.2) is 0 Å². The van der Waals surface area contributed by atoms with Gasteiger partial charge in [-0.1, -0.05) is 25.1 Å². The van der Waals surface area contributed by atoms with E-state index in [4.69, 9.17) is 0 Å². The molecule has 1 heterocycles. The van der Waals surface area contributed by atoms with Crippen LogP contribution in [-0.2, 0) is 0 Å². The lowest BCUT2D eigenvalue weighted by Gasteiger charge is -2.16. The molecule has 2 aromatic rings. The highest BCUT2D eigenvalue weighted by molar-refractivity contribution is 7.09. The second-order valence-electron chi connectivity index (χ2n) is 3.84. The Hall–Kier alpha value is -1.26. The van der Waals surface area contributed by atoms with E-state index in [9.17, 15) is 4.39 Å². The Morgan fingerprint density at radius 2 is 2.18 bits per heavy atom. The first kappa shape index (κ1) is 12.2. The molecule has 1 unspecified atom stereocenters. The molecule has 0 aliphatic heterocycles. The molecule has 90 valence electrons. The van der Waals surface area contributed by atoms with E-state index in [0.717, 1.165) is 17.2 Å². The van der Waals surface area contributed by atoms with Gasteiger partial charge in [-0.2, -0.15) is 0 Å². The van der Waals surface area contributed by atoms with E-state index < -0.39 is 0 Å². The number of nitrogens with zero attached hydrogens (tertiary/aromatic N) is 1. The Bertz CT molecular complexity index is 496. The number of hydrogen-bond donors (Lipinski definition) is 1. The summed E-state index contributed by atoms with van der Waals surface area (Å²) in [5.74, 6) is -0.189. The maximum atomic E-state index is 13.8. The van der Waals surface area contributed by atoms with Crippen LogP contribution in [0.4, 0.5) is 4.39 Å². The summed E-state index contributed by atoms with van der Waals surface area (Å²) < 4.78 is 13.8. The molecule has 0 aliphatic carbocycles. The van der Waals surface area contributed by atoms with Crippen LogP contribution in [0.2, 0.25) is 0 Å². The van der Waals surface area contributed by atoms with Crippen molar-refractivity contribution in [2.45, 2.75) is 19.9 Å². The average molecular weight is 250 g/mol. The first-order valence-corrected chi connectivity index (χ1v) is 6.50. The van der Waals surface area contributed by atoms with E-state index in [2.05, 4.69) is 10.3 Å². The van der Waals surface area contributed by atoms with Gasteiger partial charge in [-0.05, 0) is 19.5 Å². The predicted molar refractivity (Wildman–Crippen MR) is 68.8 cm³/mol. The number of rotatable bonds is 4. The number of aromatic nitrogens is 1. The largest absolute Gasteiger partial charge is 0.304 e. The number of aryl methyl sites for hydroxylation is 1. The normalized spacial score (nSPS) is 12.6. The molecule has 2 rings (SSSR count). The highest BCUT2D eigenvalue weighted by Crippen LogP contribution is 2.26. The van der Waals surface area contributed by atoms with Gasteiger partial charge in [0.2, 0.25) is 0 Å². The Morgan fingerprint density at radius 3 is 2.76 bits per heavy atom. The quantitative estimate of drug-likeness (QED) is 0.900. The minimum absolute atomic E-state index is 0.153. The van der Waals surface area contributed by atoms with E-state index in [0.29, 0.717) is 5.56 Å². The van der Waals surface area contributed by atoms with E-state index in [-0.39, 0.29) is 11.9 Å². The maximum absolute atomic E-state index is 13.8. The third kappa shape index (κ3) is 2.70. The third-order valence-corrected chi connectivity index (χ3v) is 3.54. The van der Waals surface area contributed by atoms with Crippen LogP contribution in [0.5, 0.6) is 0 Å². The summed E-state index contributed by atoms with van der Waals surface area (Å²) in [6, 6.07) is 6.69. The predicted octanol–water partition coefficient (Wildman–Crippen LogP) is 3.29. The lowest BCUT2D eigenvalue weighted by atomic mass is 10.1. The van der Waals surface area contributed by atoms with Gasteiger partial charge in [-0.15, -0.1) is 11.3 Å². The van der Waals surface area contributed by atoms with Crippen molar-refractivity contribution in [1.29, 1.82) is 0 Å². The fourth-order valence-electron chi connectivity index (χ4n) is 1.75. The van der Waals surface area contributed by atoms with Crippen molar-refractivity contribution in [1.82, 2.24) is 10.3 Å². The summed E-state index contributed by atoms with van der Waals surface area (Å²) in [5, 5.41) is 6.18. The first-order valence-electron chi connectivity index (χ1n) is 5.62. The average Bonchev–Trinajstić information content (AvgIpc) is 2.74. The van der Waals surface area contributed by atoms with E-state index in [1.807, 2.05) is 25.3 Å². The van der Waals surface area contributed by atoms with Gasteiger partial charge in [0, 0.05) is 16.6 Å². The smallest absolute Gasteiger partial charge is 0.128 e. The lowest BCUT2D eigenvalue weighted by molar-refractivity contribution is 0.557. The molecule has 2 nitrogen and oxygen atoms in total. The number of benzene rings is 1. The molecule has 0 amide bonds. The van der Waals surface area contributed by atoms with Crippen LogP contribution in [0.1, 0.15) is 29.2 Å². The summed E-state index contributed by atoms with van der Waals surface area (Å²) in [6.45, 7) is 4.73. The number of thiazole rings is 1. The van der Waals surface area contributed by atoms with Crippen molar-refractivity contribution in [2.75, 3.05) is 6.54 Å². The Kier molecular flexibility index (Phi) is 3.86. The van der Waals surface area contributed by atoms with E-state index >= 15 is 0 Å². The van der Waals surface area contributed by atoms with Gasteiger partial charge in [0.25, 0.3) is 0 Å². The lowest BCUT2D eigenvalue weighted by Crippen LogP contribution is -2.22. The van der Waals surface area contributed by atoms with Crippen LogP contribution in [-0.4, -0.2) is 11.5 Å². The van der Waals surface area contributed by atoms with Crippen molar-refractivity contribution in [3.8, 4) is 0 Å². The summed E-state index contributed by atoms with van der Waals surface area (Å²) in [6.07, 6.45) is 0. The molecule has 0 saturated heterocycles. The highest BCUT2D eigenvalue weighted by Gasteiger charge is 2.19. The van der Waals surface area contributed by atoms with Crippen LogP contribution in [0.25, 0.3) is 0 Å². The molecule has 4 heteroatoms.